The van der Waals surface area contributed by atoms with Gasteiger partial charge in [0.2, 0.25) is 0 Å². The van der Waals surface area contributed by atoms with Crippen molar-refractivity contribution in [2.45, 2.75) is 31.9 Å². The van der Waals surface area contributed by atoms with Gasteiger partial charge in [-0.3, -0.25) is 0 Å². The molecule has 0 heterocycles. The molecule has 118 valence electrons. The number of benzene rings is 2. The monoisotopic (exact) mass is 308 g/mol. The molecule has 1 amide bonds. The van der Waals surface area contributed by atoms with Gasteiger partial charge in [-0.2, -0.15) is 5.26 Å². The van der Waals surface area contributed by atoms with E-state index in [1.54, 1.807) is 0 Å². The van der Waals surface area contributed by atoms with Crippen LogP contribution in [0.2, 0.25) is 0 Å². The summed E-state index contributed by atoms with van der Waals surface area (Å²) in [5.74, 6) is 0. The molecule has 0 radical (unpaired) electrons. The van der Waals surface area contributed by atoms with Crippen LogP contribution in [-0.2, 0) is 17.8 Å². The fraction of sp³-hybridized carbons (Fsp3) is 0.263. The van der Waals surface area contributed by atoms with Gasteiger partial charge in [-0.25, -0.2) is 4.79 Å². The predicted octanol–water partition coefficient (Wildman–Crippen LogP) is 3.83. The third-order valence-electron chi connectivity index (χ3n) is 3.50. The van der Waals surface area contributed by atoms with E-state index in [1.807, 2.05) is 60.7 Å². The summed E-state index contributed by atoms with van der Waals surface area (Å²) in [5, 5.41) is 11.7. The SMILES string of the molecule is N#CCC(CCc1ccccc1)NC(=O)OCc1ccccc1. The second-order valence-corrected chi connectivity index (χ2v) is 5.29. The Morgan fingerprint density at radius 1 is 1.04 bits per heavy atom. The molecule has 2 aromatic rings. The van der Waals surface area contributed by atoms with Crippen LogP contribution in [0.4, 0.5) is 4.79 Å². The van der Waals surface area contributed by atoms with Crippen molar-refractivity contribution < 1.29 is 9.53 Å². The molecule has 0 aliphatic rings. The lowest BCUT2D eigenvalue weighted by Crippen LogP contribution is -2.35. The van der Waals surface area contributed by atoms with Crippen LogP contribution in [0.3, 0.4) is 0 Å². The molecule has 0 saturated carbocycles. The highest BCUT2D eigenvalue weighted by molar-refractivity contribution is 5.67. The summed E-state index contributed by atoms with van der Waals surface area (Å²) < 4.78 is 5.20. The van der Waals surface area contributed by atoms with E-state index in [-0.39, 0.29) is 19.1 Å². The highest BCUT2D eigenvalue weighted by atomic mass is 16.5. The first-order chi connectivity index (χ1) is 11.3. The average molecular weight is 308 g/mol. The fourth-order valence-corrected chi connectivity index (χ4v) is 2.25. The lowest BCUT2D eigenvalue weighted by atomic mass is 10.0. The predicted molar refractivity (Wildman–Crippen MR) is 88.5 cm³/mol. The number of hydrogen-bond donors (Lipinski definition) is 1. The molecule has 0 bridgehead atoms. The van der Waals surface area contributed by atoms with Gasteiger partial charge in [-0.05, 0) is 24.0 Å². The first-order valence-electron chi connectivity index (χ1n) is 7.66. The van der Waals surface area contributed by atoms with Gasteiger partial charge in [0.05, 0.1) is 12.5 Å². The summed E-state index contributed by atoms with van der Waals surface area (Å²) in [5.41, 5.74) is 2.12. The van der Waals surface area contributed by atoms with Crippen LogP contribution in [-0.4, -0.2) is 12.1 Å². The van der Waals surface area contributed by atoms with Crippen LogP contribution in [0.1, 0.15) is 24.0 Å². The van der Waals surface area contributed by atoms with E-state index < -0.39 is 6.09 Å². The van der Waals surface area contributed by atoms with Crippen molar-refractivity contribution in [3.8, 4) is 6.07 Å². The Bertz CT molecular complexity index is 635. The minimum Gasteiger partial charge on any atom is -0.445 e. The molecule has 0 fully saturated rings. The highest BCUT2D eigenvalue weighted by Gasteiger charge is 2.13. The number of carbonyl (C=O) groups is 1. The summed E-state index contributed by atoms with van der Waals surface area (Å²) in [6.07, 6.45) is 1.31. The van der Waals surface area contributed by atoms with Crippen molar-refractivity contribution in [3.63, 3.8) is 0 Å². The Labute approximate surface area is 136 Å². The third-order valence-corrected chi connectivity index (χ3v) is 3.50. The van der Waals surface area contributed by atoms with Gasteiger partial charge in [-0.15, -0.1) is 0 Å². The molecule has 2 rings (SSSR count). The van der Waals surface area contributed by atoms with E-state index in [4.69, 9.17) is 10.00 Å². The molecule has 4 heteroatoms. The van der Waals surface area contributed by atoms with E-state index >= 15 is 0 Å². The normalized spacial score (nSPS) is 11.3. The summed E-state index contributed by atoms with van der Waals surface area (Å²) in [6.45, 7) is 0.227. The molecule has 1 atom stereocenters. The molecule has 23 heavy (non-hydrogen) atoms. The molecule has 0 spiro atoms. The molecule has 0 aliphatic carbocycles. The summed E-state index contributed by atoms with van der Waals surface area (Å²) in [7, 11) is 0. The lowest BCUT2D eigenvalue weighted by Gasteiger charge is -2.16. The molecule has 2 aromatic carbocycles. The average Bonchev–Trinajstić information content (AvgIpc) is 2.60. The zero-order valence-corrected chi connectivity index (χ0v) is 12.9. The Kier molecular flexibility index (Phi) is 6.67. The van der Waals surface area contributed by atoms with Crippen molar-refractivity contribution in [2.75, 3.05) is 0 Å². The summed E-state index contributed by atoms with van der Waals surface area (Å²) >= 11 is 0. The molecule has 0 aromatic heterocycles. The fourth-order valence-electron chi connectivity index (χ4n) is 2.25. The maximum atomic E-state index is 11.9. The number of nitrogens with zero attached hydrogens (tertiary/aromatic N) is 1. The lowest BCUT2D eigenvalue weighted by molar-refractivity contribution is 0.135. The van der Waals surface area contributed by atoms with Crippen molar-refractivity contribution in [1.29, 1.82) is 5.26 Å². The van der Waals surface area contributed by atoms with Gasteiger partial charge in [0.1, 0.15) is 6.61 Å². The number of alkyl carbamates (subject to hydrolysis) is 1. The van der Waals surface area contributed by atoms with Crippen molar-refractivity contribution in [1.82, 2.24) is 5.32 Å². The molecule has 1 unspecified atom stereocenters. The molecule has 0 saturated heterocycles. The summed E-state index contributed by atoms with van der Waals surface area (Å²) in [4.78, 5) is 11.9. The number of ether oxygens (including phenoxy) is 1. The number of nitriles is 1. The van der Waals surface area contributed by atoms with E-state index in [0.717, 1.165) is 12.0 Å². The van der Waals surface area contributed by atoms with Gasteiger partial charge in [0.25, 0.3) is 0 Å². The first kappa shape index (κ1) is 16.6. The Morgan fingerprint density at radius 3 is 2.26 bits per heavy atom. The van der Waals surface area contributed by atoms with E-state index in [0.29, 0.717) is 6.42 Å². The van der Waals surface area contributed by atoms with Crippen LogP contribution in [0.5, 0.6) is 0 Å². The third kappa shape index (κ3) is 6.23. The van der Waals surface area contributed by atoms with Crippen LogP contribution < -0.4 is 5.32 Å². The second-order valence-electron chi connectivity index (χ2n) is 5.29. The number of hydrogen-bond acceptors (Lipinski definition) is 3. The zero-order valence-electron chi connectivity index (χ0n) is 12.9. The smallest absolute Gasteiger partial charge is 0.407 e. The van der Waals surface area contributed by atoms with E-state index in [2.05, 4.69) is 11.4 Å². The van der Waals surface area contributed by atoms with Gasteiger partial charge in [0, 0.05) is 6.04 Å². The number of nitrogens with one attached hydrogen (secondary N) is 1. The highest BCUT2D eigenvalue weighted by Crippen LogP contribution is 2.08. The number of carbonyl (C=O) groups excluding carboxylic acids is 1. The van der Waals surface area contributed by atoms with Crippen molar-refractivity contribution in [2.24, 2.45) is 0 Å². The van der Waals surface area contributed by atoms with Crippen molar-refractivity contribution in [3.05, 3.63) is 71.8 Å². The van der Waals surface area contributed by atoms with Crippen LogP contribution in [0.25, 0.3) is 0 Å². The Morgan fingerprint density at radius 2 is 1.65 bits per heavy atom. The van der Waals surface area contributed by atoms with Gasteiger partial charge in [-0.1, -0.05) is 60.7 Å². The quantitative estimate of drug-likeness (QED) is 0.845. The standard InChI is InChI=1S/C19H20N2O2/c20-14-13-18(12-11-16-7-3-1-4-8-16)21-19(22)23-15-17-9-5-2-6-10-17/h1-10,18H,11-13,15H2,(H,21,22). The van der Waals surface area contributed by atoms with Gasteiger partial charge in [0.15, 0.2) is 0 Å². The Hall–Kier alpha value is -2.80. The minimum absolute atomic E-state index is 0.205. The maximum absolute atomic E-state index is 11.9. The molecule has 0 aliphatic heterocycles. The van der Waals surface area contributed by atoms with Crippen LogP contribution >= 0.6 is 0 Å². The summed E-state index contributed by atoms with van der Waals surface area (Å²) in [6, 6.07) is 21.4. The number of amides is 1. The van der Waals surface area contributed by atoms with Crippen molar-refractivity contribution >= 4 is 6.09 Å². The Balaban J connectivity index is 1.79. The maximum Gasteiger partial charge on any atom is 0.407 e. The molecule has 1 N–H and O–H groups in total. The number of rotatable bonds is 7. The first-order valence-corrected chi connectivity index (χ1v) is 7.66. The van der Waals surface area contributed by atoms with E-state index in [1.165, 1.54) is 5.56 Å². The molecular formula is C19H20N2O2. The second kappa shape index (κ2) is 9.26. The molecular weight excluding hydrogens is 288 g/mol. The van der Waals surface area contributed by atoms with Gasteiger partial charge < -0.3 is 10.1 Å². The van der Waals surface area contributed by atoms with Crippen LogP contribution in [0.15, 0.2) is 60.7 Å². The largest absolute Gasteiger partial charge is 0.445 e. The van der Waals surface area contributed by atoms with Crippen LogP contribution in [0, 0.1) is 11.3 Å². The van der Waals surface area contributed by atoms with E-state index in [9.17, 15) is 4.79 Å². The molecule has 4 nitrogen and oxygen atoms in total. The van der Waals surface area contributed by atoms with Gasteiger partial charge >= 0.3 is 6.09 Å². The zero-order chi connectivity index (χ0) is 16.3. The number of aryl methyl sites for hydroxylation is 1. The minimum atomic E-state index is -0.484. The topological polar surface area (TPSA) is 62.1 Å².